The van der Waals surface area contributed by atoms with Gasteiger partial charge in [0.05, 0.1) is 0 Å². The van der Waals surface area contributed by atoms with Crippen molar-refractivity contribution in [3.63, 3.8) is 0 Å². The van der Waals surface area contributed by atoms with E-state index in [-0.39, 0.29) is 0 Å². The third kappa shape index (κ3) is 3.31. The second-order valence-corrected chi connectivity index (χ2v) is 7.34. The fourth-order valence-electron chi connectivity index (χ4n) is 1.43. The molecule has 0 N–H and O–H groups in total. The van der Waals surface area contributed by atoms with E-state index in [1.807, 2.05) is 25.5 Å². The molecule has 0 unspecified atom stereocenters. The van der Waals surface area contributed by atoms with Crippen LogP contribution in [0.3, 0.4) is 0 Å². The lowest BCUT2D eigenvalue weighted by molar-refractivity contribution is 0.588. The van der Waals surface area contributed by atoms with Crippen LogP contribution < -0.4 is 5.30 Å². The van der Waals surface area contributed by atoms with Crippen LogP contribution in [0.4, 0.5) is 0 Å². The summed E-state index contributed by atoms with van der Waals surface area (Å²) in [5, 5.41) is 1.01. The highest BCUT2D eigenvalue weighted by molar-refractivity contribution is 7.70. The Morgan fingerprint density at radius 2 is 2.00 bits per heavy atom. The Morgan fingerprint density at radius 3 is 2.57 bits per heavy atom. The van der Waals surface area contributed by atoms with Gasteiger partial charge in [0.2, 0.25) is 0 Å². The van der Waals surface area contributed by atoms with E-state index >= 15 is 0 Å². The van der Waals surface area contributed by atoms with Crippen LogP contribution in [-0.4, -0.2) is 13.3 Å². The van der Waals surface area contributed by atoms with E-state index in [2.05, 4.69) is 19.1 Å². The van der Waals surface area contributed by atoms with Crippen molar-refractivity contribution in [2.75, 3.05) is 13.3 Å². The molecule has 0 aliphatic carbocycles. The molecule has 1 rings (SSSR count). The Morgan fingerprint density at radius 1 is 1.29 bits per heavy atom. The Balaban J connectivity index is 2.85. The first kappa shape index (κ1) is 11.5. The molecule has 0 saturated heterocycles. The van der Waals surface area contributed by atoms with Crippen LogP contribution in [0.1, 0.15) is 25.3 Å². The first-order valence-electron chi connectivity index (χ1n) is 5.18. The molecule has 1 aromatic carbocycles. The molecule has 0 fully saturated rings. The van der Waals surface area contributed by atoms with Crippen LogP contribution in [0.5, 0.6) is 0 Å². The van der Waals surface area contributed by atoms with Gasteiger partial charge < -0.3 is 4.57 Å². The first-order valence-corrected chi connectivity index (χ1v) is 7.78. The van der Waals surface area contributed by atoms with E-state index in [4.69, 9.17) is 0 Å². The minimum atomic E-state index is -2.08. The highest BCUT2D eigenvalue weighted by Crippen LogP contribution is 2.34. The Bertz CT molecular complexity index is 338. The Hall–Kier alpha value is -0.550. The van der Waals surface area contributed by atoms with Crippen molar-refractivity contribution in [3.8, 4) is 0 Å². The van der Waals surface area contributed by atoms with Gasteiger partial charge in [-0.1, -0.05) is 31.5 Å². The topological polar surface area (TPSA) is 17.1 Å². The van der Waals surface area contributed by atoms with Gasteiger partial charge >= 0.3 is 0 Å². The van der Waals surface area contributed by atoms with Gasteiger partial charge in [0.15, 0.2) is 0 Å². The lowest BCUT2D eigenvalue weighted by Gasteiger charge is -2.08. The molecule has 0 spiro atoms. The van der Waals surface area contributed by atoms with Gasteiger partial charge in [0.1, 0.15) is 7.14 Å². The third-order valence-corrected chi connectivity index (χ3v) is 3.87. The summed E-state index contributed by atoms with van der Waals surface area (Å²) >= 11 is 0. The van der Waals surface area contributed by atoms with Crippen molar-refractivity contribution in [1.82, 2.24) is 0 Å². The lowest BCUT2D eigenvalue weighted by atomic mass is 10.1. The predicted molar refractivity (Wildman–Crippen MR) is 64.1 cm³/mol. The van der Waals surface area contributed by atoms with Gasteiger partial charge in [-0.15, -0.1) is 0 Å². The molecular weight excluding hydrogens is 191 g/mol. The molecule has 0 bridgehead atoms. The first-order chi connectivity index (χ1) is 6.54. The summed E-state index contributed by atoms with van der Waals surface area (Å²) in [6.07, 6.45) is 3.52. The molecule has 0 aromatic heterocycles. The molecule has 2 heteroatoms. The number of benzene rings is 1. The molecule has 0 saturated carbocycles. The number of rotatable bonds is 4. The molecule has 0 atom stereocenters. The zero-order chi connectivity index (χ0) is 10.6. The fourth-order valence-corrected chi connectivity index (χ4v) is 2.35. The second-order valence-electron chi connectivity index (χ2n) is 4.12. The van der Waals surface area contributed by atoms with E-state index < -0.39 is 7.14 Å². The van der Waals surface area contributed by atoms with E-state index in [0.717, 1.165) is 11.7 Å². The van der Waals surface area contributed by atoms with Gasteiger partial charge in [0.25, 0.3) is 0 Å². The zero-order valence-corrected chi connectivity index (χ0v) is 10.2. The average molecular weight is 210 g/mol. The Labute approximate surface area is 86.9 Å². The van der Waals surface area contributed by atoms with Gasteiger partial charge in [0, 0.05) is 5.30 Å². The number of hydrogen-bond donors (Lipinski definition) is 0. The molecule has 1 nitrogen and oxygen atoms in total. The summed E-state index contributed by atoms with van der Waals surface area (Å²) in [6.45, 7) is 5.84. The monoisotopic (exact) mass is 210 g/mol. The summed E-state index contributed by atoms with van der Waals surface area (Å²) in [7, 11) is -2.08. The minimum Gasteiger partial charge on any atom is -0.319 e. The van der Waals surface area contributed by atoms with Crippen molar-refractivity contribution < 1.29 is 4.57 Å². The summed E-state index contributed by atoms with van der Waals surface area (Å²) in [4.78, 5) is 0. The normalized spacial score (nSPS) is 11.6. The van der Waals surface area contributed by atoms with E-state index in [1.54, 1.807) is 0 Å². The van der Waals surface area contributed by atoms with Crippen LogP contribution in [0, 0.1) is 0 Å². The maximum atomic E-state index is 11.8. The molecule has 0 aliphatic rings. The molecule has 1 aromatic rings. The molecule has 0 amide bonds. The van der Waals surface area contributed by atoms with E-state index in [0.29, 0.717) is 0 Å². The van der Waals surface area contributed by atoms with Gasteiger partial charge in [-0.25, -0.2) is 0 Å². The highest BCUT2D eigenvalue weighted by atomic mass is 31.2. The van der Waals surface area contributed by atoms with Gasteiger partial charge in [-0.05, 0) is 37.8 Å². The highest BCUT2D eigenvalue weighted by Gasteiger charge is 2.10. The maximum Gasteiger partial charge on any atom is 0.109 e. The van der Waals surface area contributed by atoms with Crippen LogP contribution in [0.25, 0.3) is 0 Å². The smallest absolute Gasteiger partial charge is 0.109 e. The number of unbranched alkanes of at least 4 members (excludes halogenated alkanes) is 1. The molecule has 0 radical (unpaired) electrons. The largest absolute Gasteiger partial charge is 0.319 e. The van der Waals surface area contributed by atoms with Crippen molar-refractivity contribution in [1.29, 1.82) is 0 Å². The molecule has 14 heavy (non-hydrogen) atoms. The van der Waals surface area contributed by atoms with E-state index in [9.17, 15) is 4.57 Å². The lowest BCUT2D eigenvalue weighted by Crippen LogP contribution is -2.03. The predicted octanol–water partition coefficient (Wildman–Crippen LogP) is 3.28. The summed E-state index contributed by atoms with van der Waals surface area (Å²) < 4.78 is 11.8. The van der Waals surface area contributed by atoms with Crippen LogP contribution >= 0.6 is 7.14 Å². The summed E-state index contributed by atoms with van der Waals surface area (Å²) in [5.41, 5.74) is 1.31. The van der Waals surface area contributed by atoms with Crippen molar-refractivity contribution in [3.05, 3.63) is 29.8 Å². The fraction of sp³-hybridized carbons (Fsp3) is 0.500. The zero-order valence-electron chi connectivity index (χ0n) is 9.29. The second kappa shape index (κ2) is 4.79. The number of aryl methyl sites for hydroxylation is 1. The quantitative estimate of drug-likeness (QED) is 0.697. The summed E-state index contributed by atoms with van der Waals surface area (Å²) in [5.74, 6) is 0. The molecule has 0 heterocycles. The van der Waals surface area contributed by atoms with Crippen molar-refractivity contribution in [2.24, 2.45) is 0 Å². The summed E-state index contributed by atoms with van der Waals surface area (Å²) in [6, 6.07) is 8.20. The van der Waals surface area contributed by atoms with E-state index in [1.165, 1.54) is 18.4 Å². The third-order valence-electron chi connectivity index (χ3n) is 2.35. The van der Waals surface area contributed by atoms with Crippen LogP contribution in [-0.2, 0) is 11.0 Å². The molecule has 78 valence electrons. The van der Waals surface area contributed by atoms with Gasteiger partial charge in [-0.3, -0.25) is 0 Å². The van der Waals surface area contributed by atoms with Crippen LogP contribution in [0.15, 0.2) is 24.3 Å². The molecular formula is C12H19OP. The Kier molecular flexibility index (Phi) is 3.95. The standard InChI is InChI=1S/C12H19OP/c1-4-5-7-11-8-6-9-12(10-11)14(2,3)13/h6,8-10H,4-5,7H2,1-3H3. The van der Waals surface area contributed by atoms with Gasteiger partial charge in [-0.2, -0.15) is 0 Å². The van der Waals surface area contributed by atoms with Crippen LogP contribution in [0.2, 0.25) is 0 Å². The average Bonchev–Trinajstić information content (AvgIpc) is 2.14. The van der Waals surface area contributed by atoms with Crippen molar-refractivity contribution in [2.45, 2.75) is 26.2 Å². The maximum absolute atomic E-state index is 11.8. The number of hydrogen-bond acceptors (Lipinski definition) is 1. The van der Waals surface area contributed by atoms with Crippen molar-refractivity contribution >= 4 is 12.4 Å². The SMILES string of the molecule is CCCCc1cccc(P(C)(C)=O)c1. The minimum absolute atomic E-state index is 1.01. The molecule has 0 aliphatic heterocycles.